The van der Waals surface area contributed by atoms with E-state index in [-0.39, 0.29) is 5.69 Å². The van der Waals surface area contributed by atoms with Crippen LogP contribution in [0.3, 0.4) is 0 Å². The average molecular weight is 527 g/mol. The molecule has 7 nitrogen and oxygen atoms in total. The molecule has 0 aliphatic rings. The van der Waals surface area contributed by atoms with Gasteiger partial charge in [-0.25, -0.2) is 4.98 Å². The number of hydrogen-bond donors (Lipinski definition) is 0. The van der Waals surface area contributed by atoms with Crippen molar-refractivity contribution in [1.29, 1.82) is 0 Å². The number of nitro groups is 1. The highest BCUT2D eigenvalue weighted by molar-refractivity contribution is 5.79. The maximum atomic E-state index is 11.1. The molecular weight excluding hydrogens is 504 g/mol. The Balaban J connectivity index is 1.34. The molecule has 194 valence electrons. The predicted octanol–water partition coefficient (Wildman–Crippen LogP) is 9.17. The Bertz CT molecular complexity index is 1630. The molecule has 1 aromatic heterocycles. The van der Waals surface area contributed by atoms with Gasteiger partial charge in [-0.3, -0.25) is 10.1 Å². The van der Waals surface area contributed by atoms with Crippen LogP contribution in [0.25, 0.3) is 34.0 Å². The zero-order valence-electron chi connectivity index (χ0n) is 21.1. The lowest BCUT2D eigenvalue weighted by atomic mass is 10.1. The van der Waals surface area contributed by atoms with Crippen molar-refractivity contribution in [2.45, 2.75) is 0 Å². The van der Waals surface area contributed by atoms with Gasteiger partial charge >= 0.3 is 0 Å². The Hall–Kier alpha value is -5.69. The van der Waals surface area contributed by atoms with E-state index in [1.165, 1.54) is 12.1 Å². The Morgan fingerprint density at radius 3 is 1.50 bits per heavy atom. The quantitative estimate of drug-likeness (QED) is 0.145. The van der Waals surface area contributed by atoms with Crippen LogP contribution in [-0.4, -0.2) is 9.91 Å². The Morgan fingerprint density at radius 2 is 1.00 bits per heavy atom. The van der Waals surface area contributed by atoms with Crippen molar-refractivity contribution in [3.8, 4) is 57.0 Å². The summed E-state index contributed by atoms with van der Waals surface area (Å²) in [5, 5.41) is 11.1. The molecule has 0 N–H and O–H groups in total. The van der Waals surface area contributed by atoms with Crippen molar-refractivity contribution in [2.75, 3.05) is 0 Å². The van der Waals surface area contributed by atoms with Crippen molar-refractivity contribution in [2.24, 2.45) is 0 Å². The van der Waals surface area contributed by atoms with E-state index in [1.54, 1.807) is 12.1 Å². The molecule has 0 aliphatic carbocycles. The maximum Gasteiger partial charge on any atom is 0.269 e. The number of para-hydroxylation sites is 2. The fraction of sp³-hybridized carbons (Fsp3) is 0. The highest BCUT2D eigenvalue weighted by Crippen LogP contribution is 2.38. The summed E-state index contributed by atoms with van der Waals surface area (Å²) < 4.78 is 18.1. The van der Waals surface area contributed by atoms with Gasteiger partial charge in [-0.05, 0) is 84.9 Å². The number of oxazole rings is 1. The van der Waals surface area contributed by atoms with E-state index in [2.05, 4.69) is 0 Å². The number of hydrogen-bond acceptors (Lipinski definition) is 6. The third kappa shape index (κ3) is 5.44. The lowest BCUT2D eigenvalue weighted by molar-refractivity contribution is -0.384. The monoisotopic (exact) mass is 526 g/mol. The van der Waals surface area contributed by atoms with E-state index < -0.39 is 4.92 Å². The molecule has 40 heavy (non-hydrogen) atoms. The SMILES string of the molecule is O=[N+]([O-])c1ccc(-c2nc(-c3ccc(Oc4ccccc4)cc3)c(-c3ccc(Oc4ccccc4)cc3)o2)cc1. The standard InChI is InChI=1S/C33H22N2O5/c36-35(37)26-17-11-25(12-18-26)33-34-31(23-13-19-29(20-14-23)38-27-7-3-1-4-8-27)32(40-33)24-15-21-30(22-16-24)39-28-9-5-2-6-10-28/h1-22H. The zero-order valence-corrected chi connectivity index (χ0v) is 21.1. The van der Waals surface area contributed by atoms with E-state index in [1.807, 2.05) is 109 Å². The van der Waals surface area contributed by atoms with Crippen LogP contribution >= 0.6 is 0 Å². The summed E-state index contributed by atoms with van der Waals surface area (Å²) in [7, 11) is 0. The van der Waals surface area contributed by atoms with Crippen LogP contribution in [0.15, 0.2) is 138 Å². The minimum absolute atomic E-state index is 0.00115. The molecule has 0 aliphatic heterocycles. The summed E-state index contributed by atoms with van der Waals surface area (Å²) in [5.41, 5.74) is 2.90. The average Bonchev–Trinajstić information content (AvgIpc) is 3.45. The number of non-ortho nitro benzene ring substituents is 1. The molecule has 0 atom stereocenters. The van der Waals surface area contributed by atoms with Crippen molar-refractivity contribution >= 4 is 5.69 Å². The molecular formula is C33H22N2O5. The number of ether oxygens (including phenoxy) is 2. The molecule has 0 fully saturated rings. The number of aromatic nitrogens is 1. The summed E-state index contributed by atoms with van der Waals surface area (Å²) in [6, 6.07) is 40.4. The number of rotatable bonds is 8. The van der Waals surface area contributed by atoms with Gasteiger partial charge in [0.05, 0.1) is 4.92 Å². The minimum atomic E-state index is -0.436. The molecule has 0 unspecified atom stereocenters. The van der Waals surface area contributed by atoms with E-state index in [9.17, 15) is 10.1 Å². The first kappa shape index (κ1) is 24.6. The third-order valence-electron chi connectivity index (χ3n) is 6.15. The lowest BCUT2D eigenvalue weighted by Crippen LogP contribution is -1.87. The van der Waals surface area contributed by atoms with Gasteiger partial charge in [0.25, 0.3) is 5.69 Å². The number of benzene rings is 5. The number of nitro benzene ring substituents is 1. The molecule has 0 bridgehead atoms. The van der Waals surface area contributed by atoms with Gasteiger partial charge in [-0.15, -0.1) is 0 Å². The van der Waals surface area contributed by atoms with E-state index >= 15 is 0 Å². The summed E-state index contributed by atoms with van der Waals surface area (Å²) in [5.74, 6) is 3.79. The van der Waals surface area contributed by atoms with Gasteiger partial charge in [0.1, 0.15) is 28.7 Å². The normalized spacial score (nSPS) is 10.7. The van der Waals surface area contributed by atoms with Crippen LogP contribution in [0.2, 0.25) is 0 Å². The van der Waals surface area contributed by atoms with Crippen LogP contribution in [0, 0.1) is 10.1 Å². The fourth-order valence-electron chi connectivity index (χ4n) is 4.17. The smallest absolute Gasteiger partial charge is 0.269 e. The van der Waals surface area contributed by atoms with E-state index in [0.717, 1.165) is 22.6 Å². The van der Waals surface area contributed by atoms with Gasteiger partial charge in [-0.1, -0.05) is 36.4 Å². The second kappa shape index (κ2) is 11.0. The molecule has 0 spiro atoms. The van der Waals surface area contributed by atoms with Crippen molar-refractivity contribution in [3.63, 3.8) is 0 Å². The topological polar surface area (TPSA) is 87.6 Å². The molecule has 6 rings (SSSR count). The molecule has 0 amide bonds. The third-order valence-corrected chi connectivity index (χ3v) is 6.15. The Kier molecular flexibility index (Phi) is 6.75. The highest BCUT2D eigenvalue weighted by atomic mass is 16.6. The Labute approximate surface area is 230 Å². The van der Waals surface area contributed by atoms with Crippen LogP contribution in [0.4, 0.5) is 5.69 Å². The molecule has 7 heteroatoms. The molecule has 6 aromatic rings. The highest BCUT2D eigenvalue weighted by Gasteiger charge is 2.19. The van der Waals surface area contributed by atoms with Gasteiger partial charge in [0, 0.05) is 28.8 Å². The van der Waals surface area contributed by atoms with Crippen molar-refractivity contribution < 1.29 is 18.8 Å². The summed E-state index contributed by atoms with van der Waals surface area (Å²) in [4.78, 5) is 15.5. The van der Waals surface area contributed by atoms with Gasteiger partial charge < -0.3 is 13.9 Å². The van der Waals surface area contributed by atoms with Gasteiger partial charge in [0.2, 0.25) is 5.89 Å². The van der Waals surface area contributed by atoms with Gasteiger partial charge in [-0.2, -0.15) is 0 Å². The number of nitrogens with zero attached hydrogens (tertiary/aromatic N) is 2. The first-order valence-electron chi connectivity index (χ1n) is 12.5. The summed E-state index contributed by atoms with van der Waals surface area (Å²) >= 11 is 0. The largest absolute Gasteiger partial charge is 0.457 e. The molecule has 0 saturated carbocycles. The van der Waals surface area contributed by atoms with Crippen molar-refractivity contribution in [1.82, 2.24) is 4.98 Å². The second-order valence-corrected chi connectivity index (χ2v) is 8.88. The van der Waals surface area contributed by atoms with Crippen LogP contribution in [0.5, 0.6) is 23.0 Å². The summed E-state index contributed by atoms with van der Waals surface area (Å²) in [6.07, 6.45) is 0. The summed E-state index contributed by atoms with van der Waals surface area (Å²) in [6.45, 7) is 0. The van der Waals surface area contributed by atoms with Gasteiger partial charge in [0.15, 0.2) is 5.76 Å². The van der Waals surface area contributed by atoms with E-state index in [4.69, 9.17) is 18.9 Å². The molecule has 1 heterocycles. The minimum Gasteiger partial charge on any atom is -0.457 e. The molecule has 5 aromatic carbocycles. The fourth-order valence-corrected chi connectivity index (χ4v) is 4.17. The predicted molar refractivity (Wildman–Crippen MR) is 152 cm³/mol. The lowest BCUT2D eigenvalue weighted by Gasteiger charge is -2.08. The van der Waals surface area contributed by atoms with Crippen LogP contribution < -0.4 is 9.47 Å². The van der Waals surface area contributed by atoms with Crippen LogP contribution in [-0.2, 0) is 0 Å². The zero-order chi connectivity index (χ0) is 27.3. The first-order chi connectivity index (χ1) is 19.6. The second-order valence-electron chi connectivity index (χ2n) is 8.88. The van der Waals surface area contributed by atoms with E-state index in [0.29, 0.717) is 34.4 Å². The molecule has 0 saturated heterocycles. The maximum absolute atomic E-state index is 11.1. The van der Waals surface area contributed by atoms with Crippen LogP contribution in [0.1, 0.15) is 0 Å². The molecule has 0 radical (unpaired) electrons. The first-order valence-corrected chi connectivity index (χ1v) is 12.5. The van der Waals surface area contributed by atoms with Crippen molar-refractivity contribution in [3.05, 3.63) is 144 Å². The Morgan fingerprint density at radius 1 is 0.550 bits per heavy atom.